The van der Waals surface area contributed by atoms with Crippen LogP contribution in [0.15, 0.2) is 58.4 Å². The lowest BCUT2D eigenvalue weighted by molar-refractivity contribution is 0.284. The second-order valence-electron chi connectivity index (χ2n) is 5.08. The van der Waals surface area contributed by atoms with E-state index in [0.717, 1.165) is 15.6 Å². The second-order valence-corrected chi connectivity index (χ2v) is 6.38. The lowest BCUT2D eigenvalue weighted by Gasteiger charge is -2.11. The van der Waals surface area contributed by atoms with Crippen LogP contribution >= 0.6 is 28.1 Å². The van der Waals surface area contributed by atoms with Crippen molar-refractivity contribution < 1.29 is 9.47 Å². The van der Waals surface area contributed by atoms with Crippen LogP contribution in [0.25, 0.3) is 0 Å². The van der Waals surface area contributed by atoms with E-state index in [9.17, 15) is 0 Å². The molecule has 1 N–H and O–H groups in total. The van der Waals surface area contributed by atoms with E-state index in [1.165, 1.54) is 11.0 Å². The van der Waals surface area contributed by atoms with Crippen LogP contribution in [0.2, 0.25) is 0 Å². The number of nitrogens with one attached hydrogen (secondary N) is 1. The van der Waals surface area contributed by atoms with E-state index in [4.69, 9.17) is 21.7 Å². The van der Waals surface area contributed by atoms with Gasteiger partial charge in [0.15, 0.2) is 11.5 Å². The van der Waals surface area contributed by atoms with Gasteiger partial charge in [0, 0.05) is 4.47 Å². The predicted molar refractivity (Wildman–Crippen MR) is 102 cm³/mol. The van der Waals surface area contributed by atoms with Gasteiger partial charge in [0.1, 0.15) is 12.9 Å². The van der Waals surface area contributed by atoms with Gasteiger partial charge in [-0.15, -0.1) is 0 Å². The largest absolute Gasteiger partial charge is 0.493 e. The van der Waals surface area contributed by atoms with Crippen molar-refractivity contribution in [3.8, 4) is 11.5 Å². The number of nitrogens with zero attached hydrogens (tertiary/aromatic N) is 3. The van der Waals surface area contributed by atoms with Gasteiger partial charge in [0.05, 0.1) is 13.3 Å². The summed E-state index contributed by atoms with van der Waals surface area (Å²) in [6.07, 6.45) is 3.18. The zero-order valence-electron chi connectivity index (χ0n) is 13.3. The summed E-state index contributed by atoms with van der Waals surface area (Å²) in [4.78, 5) is 0. The zero-order chi connectivity index (χ0) is 17.6. The van der Waals surface area contributed by atoms with Gasteiger partial charge in [-0.25, -0.2) is 0 Å². The Morgan fingerprint density at radius 2 is 2.04 bits per heavy atom. The third-order valence-corrected chi connectivity index (χ3v) is 4.17. The SMILES string of the molecule is COc1cc(/C=N\n2cn[nH]c2=S)ccc1OCc1ccc(Br)cc1. The number of aromatic amines is 1. The van der Waals surface area contributed by atoms with Crippen LogP contribution in [0.1, 0.15) is 11.1 Å². The van der Waals surface area contributed by atoms with Crippen molar-refractivity contribution >= 4 is 34.4 Å². The summed E-state index contributed by atoms with van der Waals surface area (Å²) in [5.74, 6) is 1.30. The summed E-state index contributed by atoms with van der Waals surface area (Å²) >= 11 is 8.46. The summed E-state index contributed by atoms with van der Waals surface area (Å²) < 4.78 is 14.2. The standard InChI is InChI=1S/C17H15BrN4O2S/c1-23-16-8-13(9-20-22-11-19-21-17(22)25)4-7-15(16)24-10-12-2-5-14(18)6-3-12/h2-9,11H,10H2,1H3,(H,21,25)/b20-9-. The van der Waals surface area contributed by atoms with Crippen molar-refractivity contribution in [3.05, 3.63) is 69.2 Å². The van der Waals surface area contributed by atoms with Crippen molar-refractivity contribution in [2.75, 3.05) is 7.11 Å². The molecule has 8 heteroatoms. The van der Waals surface area contributed by atoms with Gasteiger partial charge in [-0.3, -0.25) is 5.10 Å². The Bertz CT molecular complexity index is 934. The van der Waals surface area contributed by atoms with Gasteiger partial charge in [0.25, 0.3) is 0 Å². The molecule has 0 atom stereocenters. The maximum atomic E-state index is 5.86. The Morgan fingerprint density at radius 3 is 2.72 bits per heavy atom. The van der Waals surface area contributed by atoms with E-state index >= 15 is 0 Å². The lowest BCUT2D eigenvalue weighted by Crippen LogP contribution is -1.98. The lowest BCUT2D eigenvalue weighted by atomic mass is 10.2. The van der Waals surface area contributed by atoms with E-state index < -0.39 is 0 Å². The van der Waals surface area contributed by atoms with E-state index in [-0.39, 0.29) is 0 Å². The molecule has 0 spiro atoms. The number of hydrogen-bond acceptors (Lipinski definition) is 5. The van der Waals surface area contributed by atoms with Crippen LogP contribution in [-0.2, 0) is 6.61 Å². The molecule has 0 aliphatic rings. The molecular formula is C17H15BrN4O2S. The number of ether oxygens (including phenoxy) is 2. The molecule has 128 valence electrons. The van der Waals surface area contributed by atoms with Crippen molar-refractivity contribution in [2.45, 2.75) is 6.61 Å². The molecule has 0 amide bonds. The first-order chi connectivity index (χ1) is 12.2. The third-order valence-electron chi connectivity index (χ3n) is 3.36. The summed E-state index contributed by atoms with van der Waals surface area (Å²) in [6.45, 7) is 0.460. The average molecular weight is 419 g/mol. The molecule has 0 saturated carbocycles. The quantitative estimate of drug-likeness (QED) is 0.481. The van der Waals surface area contributed by atoms with Crippen LogP contribution in [0, 0.1) is 4.77 Å². The van der Waals surface area contributed by atoms with Crippen LogP contribution in [0.5, 0.6) is 11.5 Å². The fourth-order valence-corrected chi connectivity index (χ4v) is 2.49. The highest BCUT2D eigenvalue weighted by Gasteiger charge is 2.06. The van der Waals surface area contributed by atoms with Gasteiger partial charge < -0.3 is 9.47 Å². The van der Waals surface area contributed by atoms with Gasteiger partial charge >= 0.3 is 0 Å². The number of aromatic nitrogens is 3. The van der Waals surface area contributed by atoms with Crippen molar-refractivity contribution in [1.82, 2.24) is 14.9 Å². The van der Waals surface area contributed by atoms with Crippen molar-refractivity contribution in [1.29, 1.82) is 0 Å². The molecule has 6 nitrogen and oxygen atoms in total. The minimum absolute atomic E-state index is 0.428. The topological polar surface area (TPSA) is 64.4 Å². The Labute approximate surface area is 158 Å². The van der Waals surface area contributed by atoms with Crippen LogP contribution < -0.4 is 9.47 Å². The van der Waals surface area contributed by atoms with Crippen LogP contribution in [-0.4, -0.2) is 28.2 Å². The minimum atomic E-state index is 0.428. The van der Waals surface area contributed by atoms with E-state index in [1.807, 2.05) is 42.5 Å². The molecule has 0 aliphatic carbocycles. The number of H-pyrrole nitrogens is 1. The minimum Gasteiger partial charge on any atom is -0.493 e. The first-order valence-electron chi connectivity index (χ1n) is 7.37. The Balaban J connectivity index is 1.73. The molecular weight excluding hydrogens is 404 g/mol. The molecule has 3 rings (SSSR count). The average Bonchev–Trinajstić information content (AvgIpc) is 3.04. The second kappa shape index (κ2) is 8.09. The molecule has 0 aliphatic heterocycles. The van der Waals surface area contributed by atoms with Crippen molar-refractivity contribution in [3.63, 3.8) is 0 Å². The maximum Gasteiger partial charge on any atom is 0.216 e. The highest BCUT2D eigenvalue weighted by atomic mass is 79.9. The molecule has 0 fully saturated rings. The fourth-order valence-electron chi connectivity index (χ4n) is 2.08. The molecule has 0 bridgehead atoms. The predicted octanol–water partition coefficient (Wildman–Crippen LogP) is 4.17. The van der Waals surface area contributed by atoms with Crippen LogP contribution in [0.4, 0.5) is 0 Å². The Hall–Kier alpha value is -2.45. The van der Waals surface area contributed by atoms with E-state index in [1.54, 1.807) is 13.3 Å². The Kier molecular flexibility index (Phi) is 5.62. The third kappa shape index (κ3) is 4.55. The molecule has 1 heterocycles. The molecule has 25 heavy (non-hydrogen) atoms. The summed E-state index contributed by atoms with van der Waals surface area (Å²) in [5.41, 5.74) is 1.93. The van der Waals surface area contributed by atoms with Gasteiger partial charge in [-0.1, -0.05) is 28.1 Å². The number of rotatable bonds is 6. The van der Waals surface area contributed by atoms with Gasteiger partial charge in [-0.2, -0.15) is 14.9 Å². The van der Waals surface area contributed by atoms with Crippen molar-refractivity contribution in [2.24, 2.45) is 5.10 Å². The summed E-state index contributed by atoms with van der Waals surface area (Å²) in [5, 5.41) is 10.7. The molecule has 3 aromatic rings. The number of benzene rings is 2. The maximum absolute atomic E-state index is 5.86. The van der Waals surface area contributed by atoms with Gasteiger partial charge in [-0.05, 0) is 53.7 Å². The fraction of sp³-hybridized carbons (Fsp3) is 0.118. The van der Waals surface area contributed by atoms with E-state index in [2.05, 4.69) is 31.2 Å². The zero-order valence-corrected chi connectivity index (χ0v) is 15.8. The number of halogens is 1. The molecule has 1 aromatic heterocycles. The number of methoxy groups -OCH3 is 1. The molecule has 2 aromatic carbocycles. The van der Waals surface area contributed by atoms with Crippen LogP contribution in [0.3, 0.4) is 0 Å². The highest BCUT2D eigenvalue weighted by molar-refractivity contribution is 9.10. The first kappa shape index (κ1) is 17.4. The smallest absolute Gasteiger partial charge is 0.216 e. The Morgan fingerprint density at radius 1 is 1.24 bits per heavy atom. The van der Waals surface area contributed by atoms with E-state index in [0.29, 0.717) is 22.9 Å². The highest BCUT2D eigenvalue weighted by Crippen LogP contribution is 2.28. The molecule has 0 unspecified atom stereocenters. The monoisotopic (exact) mass is 418 g/mol. The number of hydrogen-bond donors (Lipinski definition) is 1. The normalized spacial score (nSPS) is 11.0. The summed E-state index contributed by atoms with van der Waals surface area (Å²) in [6, 6.07) is 13.6. The molecule has 0 saturated heterocycles. The molecule has 0 radical (unpaired) electrons. The summed E-state index contributed by atoms with van der Waals surface area (Å²) in [7, 11) is 1.61. The first-order valence-corrected chi connectivity index (χ1v) is 8.57. The van der Waals surface area contributed by atoms with Gasteiger partial charge in [0.2, 0.25) is 4.77 Å².